The molecule has 30 heavy (non-hydrogen) atoms. The van der Waals surface area contributed by atoms with Gasteiger partial charge in [0.25, 0.3) is 5.91 Å². The Morgan fingerprint density at radius 2 is 1.93 bits per heavy atom. The van der Waals surface area contributed by atoms with Gasteiger partial charge in [-0.3, -0.25) is 9.48 Å². The van der Waals surface area contributed by atoms with Crippen LogP contribution in [0.25, 0.3) is 10.9 Å². The number of aromatic nitrogens is 4. The number of nitrogens with zero attached hydrogens (tertiary/aromatic N) is 4. The predicted molar refractivity (Wildman–Crippen MR) is 115 cm³/mol. The summed E-state index contributed by atoms with van der Waals surface area (Å²) in [5.41, 5.74) is 2.88. The van der Waals surface area contributed by atoms with Gasteiger partial charge in [-0.1, -0.05) is 18.0 Å². The molecule has 3 aromatic rings. The summed E-state index contributed by atoms with van der Waals surface area (Å²) < 4.78 is 1.85. The average Bonchev–Trinajstić information content (AvgIpc) is 3.45. The lowest BCUT2D eigenvalue weighted by Gasteiger charge is -2.54. The summed E-state index contributed by atoms with van der Waals surface area (Å²) in [7, 11) is 0. The third-order valence-corrected chi connectivity index (χ3v) is 7.27. The van der Waals surface area contributed by atoms with Gasteiger partial charge in [0.1, 0.15) is 5.82 Å². The quantitative estimate of drug-likeness (QED) is 0.659. The van der Waals surface area contributed by atoms with Gasteiger partial charge < -0.3 is 5.32 Å². The lowest BCUT2D eigenvalue weighted by atomic mass is 9.54. The molecule has 1 aromatic carbocycles. The number of carbonyl (C=O) groups is 1. The fraction of sp³-hybridized carbons (Fsp3) is 0.478. The summed E-state index contributed by atoms with van der Waals surface area (Å²) in [5, 5.41) is 9.16. The molecule has 6 rings (SSSR count). The molecular weight excluding hydrogens is 398 g/mol. The van der Waals surface area contributed by atoms with Crippen LogP contribution < -0.4 is 5.32 Å². The maximum atomic E-state index is 13.1. The molecule has 3 saturated carbocycles. The largest absolute Gasteiger partial charge is 0.349 e. The van der Waals surface area contributed by atoms with Crippen LogP contribution in [0.2, 0.25) is 5.02 Å². The van der Waals surface area contributed by atoms with Crippen molar-refractivity contribution < 1.29 is 4.79 Å². The van der Waals surface area contributed by atoms with E-state index in [0.29, 0.717) is 28.5 Å². The van der Waals surface area contributed by atoms with Gasteiger partial charge in [-0.15, -0.1) is 0 Å². The van der Waals surface area contributed by atoms with E-state index in [9.17, 15) is 4.79 Å². The van der Waals surface area contributed by atoms with Crippen LogP contribution >= 0.6 is 11.6 Å². The van der Waals surface area contributed by atoms with Crippen LogP contribution in [0.5, 0.6) is 0 Å². The molecule has 6 nitrogen and oxygen atoms in total. The standard InChI is InChI=1S/C23H24ClN5O/c24-17-6-16-12-27-29(13-14-10-25-21(26-11-14)15-2-3-15)20(16)19(7-17)22(30)28-18-8-23(9-18)4-1-5-23/h6-7,10-12,15,18H,1-5,8-9,13H2,(H,28,30). The number of halogens is 1. The first-order valence-corrected chi connectivity index (χ1v) is 11.2. The van der Waals surface area contributed by atoms with E-state index in [0.717, 1.165) is 35.1 Å². The maximum absolute atomic E-state index is 13.1. The Hall–Kier alpha value is -2.47. The van der Waals surface area contributed by atoms with Crippen LogP contribution in [-0.4, -0.2) is 31.7 Å². The summed E-state index contributed by atoms with van der Waals surface area (Å²) in [6, 6.07) is 3.88. The normalized spacial score (nSPS) is 20.2. The van der Waals surface area contributed by atoms with Crippen molar-refractivity contribution in [2.45, 2.75) is 63.5 Å². The van der Waals surface area contributed by atoms with Crippen LogP contribution in [0, 0.1) is 5.41 Å². The highest BCUT2D eigenvalue weighted by Crippen LogP contribution is 2.55. The van der Waals surface area contributed by atoms with Crippen molar-refractivity contribution in [3.05, 3.63) is 52.7 Å². The molecule has 0 aliphatic heterocycles. The highest BCUT2D eigenvalue weighted by Gasteiger charge is 2.48. The van der Waals surface area contributed by atoms with Crippen LogP contribution in [0.4, 0.5) is 0 Å². The number of carbonyl (C=O) groups excluding carboxylic acids is 1. The lowest BCUT2D eigenvalue weighted by molar-refractivity contribution is -0.000604. The van der Waals surface area contributed by atoms with E-state index in [2.05, 4.69) is 20.4 Å². The van der Waals surface area contributed by atoms with Crippen molar-refractivity contribution in [1.29, 1.82) is 0 Å². The van der Waals surface area contributed by atoms with E-state index in [1.807, 2.05) is 23.1 Å². The van der Waals surface area contributed by atoms with Crippen LogP contribution in [-0.2, 0) is 6.54 Å². The summed E-state index contributed by atoms with van der Waals surface area (Å²) in [6.45, 7) is 0.517. The summed E-state index contributed by atoms with van der Waals surface area (Å²) in [6.07, 6.45) is 14.1. The number of fused-ring (bicyclic) bond motifs is 1. The zero-order valence-electron chi connectivity index (χ0n) is 16.8. The second-order valence-corrected chi connectivity index (χ2v) is 9.79. The Morgan fingerprint density at radius 3 is 2.60 bits per heavy atom. The Balaban J connectivity index is 1.26. The number of hydrogen-bond donors (Lipinski definition) is 1. The fourth-order valence-electron chi connectivity index (χ4n) is 5.10. The van der Waals surface area contributed by atoms with Crippen molar-refractivity contribution >= 4 is 28.4 Å². The lowest BCUT2D eigenvalue weighted by Crippen LogP contribution is -2.53. The fourth-order valence-corrected chi connectivity index (χ4v) is 5.32. The zero-order valence-corrected chi connectivity index (χ0v) is 17.5. The van der Waals surface area contributed by atoms with Gasteiger partial charge in [0.15, 0.2) is 0 Å². The van der Waals surface area contributed by atoms with Crippen LogP contribution in [0.3, 0.4) is 0 Å². The maximum Gasteiger partial charge on any atom is 0.253 e. The SMILES string of the molecule is O=C(NC1CC2(CCC2)C1)c1cc(Cl)cc2cnn(Cc3cnc(C4CC4)nc3)c12. The molecule has 7 heteroatoms. The molecule has 3 fully saturated rings. The van der Waals surface area contributed by atoms with Gasteiger partial charge in [-0.05, 0) is 56.1 Å². The smallest absolute Gasteiger partial charge is 0.253 e. The minimum absolute atomic E-state index is 0.0660. The number of benzene rings is 1. The van der Waals surface area contributed by atoms with Crippen LogP contribution in [0.1, 0.15) is 72.6 Å². The molecule has 1 amide bonds. The third kappa shape index (κ3) is 3.18. The first-order chi connectivity index (χ1) is 14.6. The molecule has 0 atom stereocenters. The predicted octanol–water partition coefficient (Wildman–Crippen LogP) is 4.47. The Bertz CT molecular complexity index is 1120. The second-order valence-electron chi connectivity index (χ2n) is 9.35. The molecule has 1 N–H and O–H groups in total. The summed E-state index contributed by atoms with van der Waals surface area (Å²) >= 11 is 6.31. The zero-order chi connectivity index (χ0) is 20.3. The molecule has 2 heterocycles. The first kappa shape index (κ1) is 18.3. The van der Waals surface area contributed by atoms with Gasteiger partial charge in [-0.25, -0.2) is 9.97 Å². The Kier molecular flexibility index (Phi) is 4.13. The van der Waals surface area contributed by atoms with E-state index in [4.69, 9.17) is 11.6 Å². The molecule has 0 unspecified atom stereocenters. The number of nitrogens with one attached hydrogen (secondary N) is 1. The van der Waals surface area contributed by atoms with E-state index in [1.165, 1.54) is 32.1 Å². The summed E-state index contributed by atoms with van der Waals surface area (Å²) in [4.78, 5) is 22.1. The molecule has 3 aliphatic rings. The average molecular weight is 422 g/mol. The first-order valence-electron chi connectivity index (χ1n) is 10.9. The topological polar surface area (TPSA) is 72.7 Å². The van der Waals surface area contributed by atoms with E-state index < -0.39 is 0 Å². The van der Waals surface area contributed by atoms with Crippen molar-refractivity contribution in [2.24, 2.45) is 5.41 Å². The molecule has 154 valence electrons. The van der Waals surface area contributed by atoms with Crippen molar-refractivity contribution in [3.8, 4) is 0 Å². The minimum atomic E-state index is -0.0660. The van der Waals surface area contributed by atoms with Gasteiger partial charge in [-0.2, -0.15) is 5.10 Å². The molecule has 2 aromatic heterocycles. The number of rotatable bonds is 5. The van der Waals surface area contributed by atoms with Crippen molar-refractivity contribution in [3.63, 3.8) is 0 Å². The molecule has 0 bridgehead atoms. The molecule has 0 saturated heterocycles. The number of hydrogen-bond acceptors (Lipinski definition) is 4. The molecule has 0 radical (unpaired) electrons. The highest BCUT2D eigenvalue weighted by molar-refractivity contribution is 6.32. The van der Waals surface area contributed by atoms with Gasteiger partial charge in [0.2, 0.25) is 0 Å². The Labute approximate surface area is 180 Å². The molecule has 1 spiro atoms. The molecule has 3 aliphatic carbocycles. The summed E-state index contributed by atoms with van der Waals surface area (Å²) in [5.74, 6) is 1.40. The van der Waals surface area contributed by atoms with Crippen LogP contribution in [0.15, 0.2) is 30.7 Å². The minimum Gasteiger partial charge on any atom is -0.349 e. The van der Waals surface area contributed by atoms with Gasteiger partial charge in [0.05, 0.1) is 23.8 Å². The van der Waals surface area contributed by atoms with E-state index in [-0.39, 0.29) is 11.9 Å². The van der Waals surface area contributed by atoms with Crippen molar-refractivity contribution in [2.75, 3.05) is 0 Å². The Morgan fingerprint density at radius 1 is 1.17 bits per heavy atom. The van der Waals surface area contributed by atoms with E-state index >= 15 is 0 Å². The second kappa shape index (κ2) is 6.77. The van der Waals surface area contributed by atoms with Gasteiger partial charge >= 0.3 is 0 Å². The third-order valence-electron chi connectivity index (χ3n) is 7.05. The number of amides is 1. The van der Waals surface area contributed by atoms with Crippen molar-refractivity contribution in [1.82, 2.24) is 25.1 Å². The molecular formula is C23H24ClN5O. The van der Waals surface area contributed by atoms with E-state index in [1.54, 1.807) is 12.3 Å². The monoisotopic (exact) mass is 421 g/mol. The van der Waals surface area contributed by atoms with Gasteiger partial charge in [0, 0.05) is 40.3 Å². The highest BCUT2D eigenvalue weighted by atomic mass is 35.5.